The highest BCUT2D eigenvalue weighted by Crippen LogP contribution is 2.44. The van der Waals surface area contributed by atoms with Crippen LogP contribution in [0, 0.1) is 0 Å². The Morgan fingerprint density at radius 3 is 2.93 bits per heavy atom. The maximum Gasteiger partial charge on any atom is 0.127 e. The summed E-state index contributed by atoms with van der Waals surface area (Å²) in [6, 6.07) is 7.91. The highest BCUT2D eigenvalue weighted by Gasteiger charge is 2.42. The molecule has 15 heavy (non-hydrogen) atoms. The number of rotatable bonds is 0. The molecule has 3 atom stereocenters. The molecular weight excluding hydrogens is 210 g/mol. The lowest BCUT2D eigenvalue weighted by Crippen LogP contribution is -2.45. The lowest BCUT2D eigenvalue weighted by molar-refractivity contribution is 0.113. The van der Waals surface area contributed by atoms with Gasteiger partial charge in [-0.2, -0.15) is 0 Å². The topological polar surface area (TPSA) is 43.7 Å². The Morgan fingerprint density at radius 2 is 2.07 bits per heavy atom. The maximum atomic E-state index is 9.96. The fourth-order valence-electron chi connectivity index (χ4n) is 2.42. The maximum absolute atomic E-state index is 9.96. The molecule has 0 aliphatic carbocycles. The van der Waals surface area contributed by atoms with E-state index >= 15 is 0 Å². The predicted molar refractivity (Wildman–Crippen MR) is 60.1 cm³/mol. The summed E-state index contributed by atoms with van der Waals surface area (Å²) in [5, 5.41) is 19.8. The summed E-state index contributed by atoms with van der Waals surface area (Å²) in [5.74, 6) is 0. The Morgan fingerprint density at radius 1 is 1.27 bits per heavy atom. The number of thioether (sulfide) groups is 1. The van der Waals surface area contributed by atoms with E-state index in [0.29, 0.717) is 0 Å². The van der Waals surface area contributed by atoms with E-state index in [-0.39, 0.29) is 6.04 Å². The number of benzene rings is 1. The van der Waals surface area contributed by atoms with E-state index in [4.69, 9.17) is 0 Å². The van der Waals surface area contributed by atoms with Crippen molar-refractivity contribution in [2.45, 2.75) is 28.9 Å². The van der Waals surface area contributed by atoms with Crippen LogP contribution >= 0.6 is 11.8 Å². The summed E-state index contributed by atoms with van der Waals surface area (Å²) in [5.41, 5.74) is 0.631. The molecule has 0 radical (unpaired) electrons. The van der Waals surface area contributed by atoms with Crippen LogP contribution in [0.5, 0.6) is 0 Å². The Balaban J connectivity index is 2.06. The van der Waals surface area contributed by atoms with Crippen LogP contribution in [0.15, 0.2) is 29.2 Å². The van der Waals surface area contributed by atoms with Gasteiger partial charge in [0.1, 0.15) is 5.44 Å². The number of para-hydroxylation sites is 1. The monoisotopic (exact) mass is 223 g/mol. The number of hydrogen-bond donors (Lipinski definition) is 2. The van der Waals surface area contributed by atoms with Crippen molar-refractivity contribution in [2.75, 3.05) is 11.4 Å². The minimum atomic E-state index is -0.516. The smallest absolute Gasteiger partial charge is 0.127 e. The van der Waals surface area contributed by atoms with E-state index in [1.54, 1.807) is 0 Å². The second kappa shape index (κ2) is 3.40. The lowest BCUT2D eigenvalue weighted by Gasteiger charge is -2.37. The first kappa shape index (κ1) is 9.51. The fraction of sp³-hybridized carbons (Fsp3) is 0.455. The van der Waals surface area contributed by atoms with E-state index in [0.717, 1.165) is 23.5 Å². The van der Waals surface area contributed by atoms with E-state index in [1.807, 2.05) is 18.2 Å². The van der Waals surface area contributed by atoms with Crippen LogP contribution in [0.25, 0.3) is 0 Å². The summed E-state index contributed by atoms with van der Waals surface area (Å²) in [7, 11) is 0. The van der Waals surface area contributed by atoms with Crippen LogP contribution in [-0.2, 0) is 0 Å². The molecule has 2 aliphatic heterocycles. The van der Waals surface area contributed by atoms with Gasteiger partial charge in [0.25, 0.3) is 0 Å². The fourth-order valence-corrected chi connectivity index (χ4v) is 3.61. The summed E-state index contributed by atoms with van der Waals surface area (Å²) in [6.07, 6.45) is 0.345. The van der Waals surface area contributed by atoms with E-state index in [9.17, 15) is 10.2 Å². The molecule has 3 rings (SSSR count). The number of aliphatic hydroxyl groups is 2. The zero-order valence-electron chi connectivity index (χ0n) is 8.21. The van der Waals surface area contributed by atoms with Gasteiger partial charge < -0.3 is 15.1 Å². The van der Waals surface area contributed by atoms with Gasteiger partial charge in [-0.05, 0) is 18.6 Å². The van der Waals surface area contributed by atoms with Crippen molar-refractivity contribution < 1.29 is 10.2 Å². The molecule has 1 aromatic rings. The van der Waals surface area contributed by atoms with Gasteiger partial charge in [-0.15, -0.1) is 0 Å². The van der Waals surface area contributed by atoms with E-state index in [1.165, 1.54) is 11.8 Å². The molecule has 2 aliphatic rings. The van der Waals surface area contributed by atoms with Gasteiger partial charge in [0.05, 0.1) is 17.8 Å². The molecule has 0 saturated carbocycles. The van der Waals surface area contributed by atoms with Crippen LogP contribution in [0.4, 0.5) is 5.69 Å². The van der Waals surface area contributed by atoms with Gasteiger partial charge in [0.2, 0.25) is 0 Å². The molecule has 0 amide bonds. The lowest BCUT2D eigenvalue weighted by atomic mass is 10.1. The third kappa shape index (κ3) is 1.36. The molecule has 1 aromatic carbocycles. The van der Waals surface area contributed by atoms with Gasteiger partial charge in [0.15, 0.2) is 0 Å². The first-order chi connectivity index (χ1) is 7.27. The minimum Gasteiger partial charge on any atom is -0.391 e. The van der Waals surface area contributed by atoms with Crippen molar-refractivity contribution >= 4 is 17.4 Å². The predicted octanol–water partition coefficient (Wildman–Crippen LogP) is 1.05. The van der Waals surface area contributed by atoms with Crippen LogP contribution in [-0.4, -0.2) is 34.3 Å². The number of fused-ring (bicyclic) bond motifs is 3. The number of nitrogens with zero attached hydrogens (tertiary/aromatic N) is 1. The van der Waals surface area contributed by atoms with Crippen LogP contribution < -0.4 is 4.90 Å². The second-order valence-electron chi connectivity index (χ2n) is 4.02. The molecule has 0 bridgehead atoms. The van der Waals surface area contributed by atoms with Gasteiger partial charge >= 0.3 is 0 Å². The van der Waals surface area contributed by atoms with Crippen molar-refractivity contribution in [1.82, 2.24) is 0 Å². The van der Waals surface area contributed by atoms with Crippen molar-refractivity contribution in [3.8, 4) is 0 Å². The highest BCUT2D eigenvalue weighted by molar-refractivity contribution is 8.00. The second-order valence-corrected chi connectivity index (χ2v) is 5.17. The molecule has 1 fully saturated rings. The van der Waals surface area contributed by atoms with Crippen LogP contribution in [0.1, 0.15) is 6.42 Å². The molecule has 2 N–H and O–H groups in total. The van der Waals surface area contributed by atoms with Gasteiger partial charge in [-0.25, -0.2) is 0 Å². The quantitative estimate of drug-likeness (QED) is 0.690. The Kier molecular flexibility index (Phi) is 2.16. The number of aliphatic hydroxyl groups excluding tert-OH is 2. The summed E-state index contributed by atoms with van der Waals surface area (Å²) >= 11 is 1.45. The van der Waals surface area contributed by atoms with E-state index < -0.39 is 11.5 Å². The third-order valence-corrected chi connectivity index (χ3v) is 4.25. The normalized spacial score (nSPS) is 33.7. The summed E-state index contributed by atoms with van der Waals surface area (Å²) < 4.78 is 0. The molecule has 2 unspecified atom stereocenters. The first-order valence-electron chi connectivity index (χ1n) is 5.16. The van der Waals surface area contributed by atoms with Crippen molar-refractivity contribution in [3.05, 3.63) is 24.3 Å². The molecule has 2 heterocycles. The van der Waals surface area contributed by atoms with Gasteiger partial charge in [-0.1, -0.05) is 23.9 Å². The van der Waals surface area contributed by atoms with Crippen molar-refractivity contribution in [3.63, 3.8) is 0 Å². The first-order valence-corrected chi connectivity index (χ1v) is 6.04. The standard InChI is InChI=1S/C11H13NO2S/c13-8-5-6-12-7-3-1-2-4-9(7)15-11(14)10(8)12/h1-4,8,10-11,13-14H,5-6H2/t8-,10?,11?/m0/s1. The van der Waals surface area contributed by atoms with Crippen LogP contribution in [0.2, 0.25) is 0 Å². The molecule has 80 valence electrons. The minimum absolute atomic E-state index is 0.134. The molecule has 0 spiro atoms. The number of hydrogen-bond acceptors (Lipinski definition) is 4. The van der Waals surface area contributed by atoms with Gasteiger partial charge in [-0.3, -0.25) is 0 Å². The zero-order chi connectivity index (χ0) is 10.4. The average Bonchev–Trinajstić information content (AvgIpc) is 2.62. The Hall–Kier alpha value is -0.710. The van der Waals surface area contributed by atoms with E-state index in [2.05, 4.69) is 11.0 Å². The Labute approximate surface area is 92.7 Å². The molecular formula is C11H13NO2S. The van der Waals surface area contributed by atoms with Crippen molar-refractivity contribution in [2.24, 2.45) is 0 Å². The molecule has 4 heteroatoms. The van der Waals surface area contributed by atoms with Crippen LogP contribution in [0.3, 0.4) is 0 Å². The SMILES string of the molecule is OC1Sc2ccccc2N2CC[C@H](O)C12. The van der Waals surface area contributed by atoms with Crippen molar-refractivity contribution in [1.29, 1.82) is 0 Å². The molecule has 0 aromatic heterocycles. The highest BCUT2D eigenvalue weighted by atomic mass is 32.2. The number of anilines is 1. The molecule has 3 nitrogen and oxygen atoms in total. The van der Waals surface area contributed by atoms with Gasteiger partial charge in [0, 0.05) is 11.4 Å². The summed E-state index contributed by atoms with van der Waals surface area (Å²) in [4.78, 5) is 3.23. The Bertz CT molecular complexity index is 385. The largest absolute Gasteiger partial charge is 0.391 e. The third-order valence-electron chi connectivity index (χ3n) is 3.13. The zero-order valence-corrected chi connectivity index (χ0v) is 9.02. The molecule has 1 saturated heterocycles. The average molecular weight is 223 g/mol. The summed E-state index contributed by atoms with van der Waals surface area (Å²) in [6.45, 7) is 0.834.